The predicted molar refractivity (Wildman–Crippen MR) is 131 cm³/mol. The third kappa shape index (κ3) is 5.47. The smallest absolute Gasteiger partial charge is 0.340 e. The van der Waals surface area contributed by atoms with Crippen molar-refractivity contribution in [2.24, 2.45) is 0 Å². The maximum Gasteiger partial charge on any atom is 0.416 e. The Morgan fingerprint density at radius 3 is 2.69 bits per heavy atom. The van der Waals surface area contributed by atoms with E-state index in [1.54, 1.807) is 24.4 Å². The Kier molecular flexibility index (Phi) is 6.57. The summed E-state index contributed by atoms with van der Waals surface area (Å²) >= 11 is 0. The molecule has 1 amide bonds. The van der Waals surface area contributed by atoms with Crippen LogP contribution in [-0.4, -0.2) is 52.2 Å². The van der Waals surface area contributed by atoms with Crippen molar-refractivity contribution in [2.75, 3.05) is 36.8 Å². The number of piperazine rings is 1. The molecule has 1 aliphatic rings. The van der Waals surface area contributed by atoms with Crippen molar-refractivity contribution in [1.82, 2.24) is 25.4 Å². The third-order valence-corrected chi connectivity index (χ3v) is 5.95. The van der Waals surface area contributed by atoms with Gasteiger partial charge in [-0.1, -0.05) is 0 Å². The molecular formula is C25H24F3N7O. The number of aromatic nitrogens is 3. The number of halogens is 3. The van der Waals surface area contributed by atoms with Gasteiger partial charge in [0.2, 0.25) is 0 Å². The monoisotopic (exact) mass is 495 g/mol. The van der Waals surface area contributed by atoms with Crippen molar-refractivity contribution in [2.45, 2.75) is 12.7 Å². The summed E-state index contributed by atoms with van der Waals surface area (Å²) in [6, 6.07) is 12.4. The molecule has 4 N–H and O–H groups in total. The van der Waals surface area contributed by atoms with Gasteiger partial charge in [-0.15, -0.1) is 0 Å². The molecule has 4 aromatic rings. The lowest BCUT2D eigenvalue weighted by atomic mass is 10.1. The second-order valence-corrected chi connectivity index (χ2v) is 8.59. The molecule has 0 bridgehead atoms. The number of carbonyl (C=O) groups excluding carboxylic acids is 1. The average Bonchev–Trinajstić information content (AvgIpc) is 3.32. The van der Waals surface area contributed by atoms with E-state index in [9.17, 15) is 18.0 Å². The Hall–Kier alpha value is -3.96. The van der Waals surface area contributed by atoms with E-state index in [0.717, 1.165) is 49.2 Å². The number of hydrogen-bond donors (Lipinski definition) is 4. The summed E-state index contributed by atoms with van der Waals surface area (Å²) in [7, 11) is 0. The van der Waals surface area contributed by atoms with Gasteiger partial charge in [0.05, 0.1) is 22.8 Å². The number of nitrogens with zero attached hydrogens (tertiary/aromatic N) is 3. The van der Waals surface area contributed by atoms with Crippen LogP contribution >= 0.6 is 0 Å². The minimum absolute atomic E-state index is 0.0774. The maximum atomic E-state index is 13.6. The lowest BCUT2D eigenvalue weighted by Crippen LogP contribution is -2.42. The minimum Gasteiger partial charge on any atom is -0.340 e. The molecule has 0 spiro atoms. The van der Waals surface area contributed by atoms with Crippen molar-refractivity contribution in [3.63, 3.8) is 0 Å². The molecule has 2 aromatic heterocycles. The molecule has 1 saturated heterocycles. The van der Waals surface area contributed by atoms with E-state index in [1.807, 2.05) is 18.2 Å². The second-order valence-electron chi connectivity index (χ2n) is 8.59. The first kappa shape index (κ1) is 23.8. The third-order valence-electron chi connectivity index (χ3n) is 5.95. The van der Waals surface area contributed by atoms with Crippen LogP contribution in [0.5, 0.6) is 0 Å². The summed E-state index contributed by atoms with van der Waals surface area (Å²) in [5, 5.41) is 16.8. The molecule has 11 heteroatoms. The normalized spacial score (nSPS) is 14.6. The fraction of sp³-hybridized carbons (Fsp3) is 0.240. The summed E-state index contributed by atoms with van der Waals surface area (Å²) in [6.45, 7) is 3.42. The molecule has 0 aliphatic carbocycles. The van der Waals surface area contributed by atoms with Crippen molar-refractivity contribution < 1.29 is 18.0 Å². The van der Waals surface area contributed by atoms with Crippen molar-refractivity contribution in [3.05, 3.63) is 77.6 Å². The first-order valence-corrected chi connectivity index (χ1v) is 11.5. The van der Waals surface area contributed by atoms with E-state index in [2.05, 4.69) is 36.0 Å². The highest BCUT2D eigenvalue weighted by molar-refractivity contribution is 6.08. The van der Waals surface area contributed by atoms with Crippen molar-refractivity contribution in [1.29, 1.82) is 0 Å². The van der Waals surface area contributed by atoms with Crippen LogP contribution in [0.1, 0.15) is 21.5 Å². The summed E-state index contributed by atoms with van der Waals surface area (Å²) in [5.74, 6) is -0.289. The Morgan fingerprint density at radius 2 is 1.89 bits per heavy atom. The molecule has 186 valence electrons. The van der Waals surface area contributed by atoms with Crippen LogP contribution in [0.2, 0.25) is 0 Å². The largest absolute Gasteiger partial charge is 0.416 e. The lowest BCUT2D eigenvalue weighted by molar-refractivity contribution is -0.137. The molecule has 0 unspecified atom stereocenters. The summed E-state index contributed by atoms with van der Waals surface area (Å²) in [4.78, 5) is 19.5. The molecule has 1 fully saturated rings. The molecule has 36 heavy (non-hydrogen) atoms. The van der Waals surface area contributed by atoms with E-state index in [4.69, 9.17) is 0 Å². The Labute approximate surface area is 204 Å². The number of aromatic amines is 1. The van der Waals surface area contributed by atoms with Gasteiger partial charge in [0, 0.05) is 55.7 Å². The van der Waals surface area contributed by atoms with E-state index < -0.39 is 17.6 Å². The van der Waals surface area contributed by atoms with Gasteiger partial charge in [-0.25, -0.2) is 4.98 Å². The molecule has 3 heterocycles. The minimum atomic E-state index is -4.54. The van der Waals surface area contributed by atoms with Gasteiger partial charge in [-0.2, -0.15) is 18.3 Å². The van der Waals surface area contributed by atoms with Gasteiger partial charge < -0.3 is 16.0 Å². The van der Waals surface area contributed by atoms with Crippen LogP contribution in [0.4, 0.5) is 30.4 Å². The zero-order valence-electron chi connectivity index (χ0n) is 19.2. The highest BCUT2D eigenvalue weighted by Gasteiger charge is 2.31. The fourth-order valence-corrected chi connectivity index (χ4v) is 4.18. The number of fused-ring (bicyclic) bond motifs is 1. The van der Waals surface area contributed by atoms with E-state index in [1.165, 1.54) is 6.20 Å². The summed E-state index contributed by atoms with van der Waals surface area (Å²) in [5.41, 5.74) is 1.44. The molecule has 0 saturated carbocycles. The number of hydrogen-bond acceptors (Lipinski definition) is 6. The number of benzene rings is 2. The van der Waals surface area contributed by atoms with Gasteiger partial charge in [0.1, 0.15) is 5.82 Å². The number of amides is 1. The summed E-state index contributed by atoms with van der Waals surface area (Å²) < 4.78 is 40.9. The van der Waals surface area contributed by atoms with Crippen LogP contribution < -0.4 is 16.0 Å². The van der Waals surface area contributed by atoms with Gasteiger partial charge in [0.25, 0.3) is 5.91 Å². The molecule has 2 aromatic carbocycles. The zero-order chi connectivity index (χ0) is 25.1. The van der Waals surface area contributed by atoms with E-state index in [-0.39, 0.29) is 17.1 Å². The van der Waals surface area contributed by atoms with Crippen LogP contribution in [0.15, 0.2) is 60.9 Å². The standard InChI is InChI=1S/C25H24F3N7O/c26-25(27,28)18-10-16(15-35-8-6-29-7-9-35)11-20(12-18)33-24(36)21-2-1-5-30-23(21)32-19-4-3-17-14-31-34-22(17)13-19/h1-5,10-14,29H,6-9,15H2,(H,30,32)(H,31,34)(H,33,36). The number of rotatable bonds is 6. The van der Waals surface area contributed by atoms with Crippen LogP contribution in [0.3, 0.4) is 0 Å². The number of nitrogens with one attached hydrogen (secondary N) is 4. The van der Waals surface area contributed by atoms with Crippen LogP contribution in [0, 0.1) is 0 Å². The Morgan fingerprint density at radius 1 is 1.06 bits per heavy atom. The highest BCUT2D eigenvalue weighted by atomic mass is 19.4. The van der Waals surface area contributed by atoms with Crippen LogP contribution in [-0.2, 0) is 12.7 Å². The van der Waals surface area contributed by atoms with E-state index in [0.29, 0.717) is 17.8 Å². The average molecular weight is 496 g/mol. The highest BCUT2D eigenvalue weighted by Crippen LogP contribution is 2.33. The molecule has 8 nitrogen and oxygen atoms in total. The maximum absolute atomic E-state index is 13.6. The number of anilines is 3. The predicted octanol–water partition coefficient (Wildman–Crippen LogP) is 4.38. The van der Waals surface area contributed by atoms with Gasteiger partial charge >= 0.3 is 6.18 Å². The lowest BCUT2D eigenvalue weighted by Gasteiger charge is -2.27. The number of pyridine rings is 1. The first-order valence-electron chi connectivity index (χ1n) is 11.5. The van der Waals surface area contributed by atoms with Gasteiger partial charge in [-0.3, -0.25) is 14.8 Å². The molecular weight excluding hydrogens is 471 g/mol. The van der Waals surface area contributed by atoms with E-state index >= 15 is 0 Å². The Bertz CT molecular complexity index is 1380. The molecule has 0 radical (unpaired) electrons. The SMILES string of the molecule is O=C(Nc1cc(CN2CCNCC2)cc(C(F)(F)F)c1)c1cccnc1Nc1ccc2cn[nH]c2c1. The van der Waals surface area contributed by atoms with Crippen molar-refractivity contribution in [3.8, 4) is 0 Å². The number of alkyl halides is 3. The zero-order valence-corrected chi connectivity index (χ0v) is 19.2. The summed E-state index contributed by atoms with van der Waals surface area (Å²) in [6.07, 6.45) is -1.31. The quantitative estimate of drug-likeness (QED) is 0.317. The van der Waals surface area contributed by atoms with Gasteiger partial charge in [0.15, 0.2) is 0 Å². The van der Waals surface area contributed by atoms with Crippen LogP contribution in [0.25, 0.3) is 10.9 Å². The molecule has 1 aliphatic heterocycles. The topological polar surface area (TPSA) is 98.0 Å². The molecule has 0 atom stereocenters. The number of H-pyrrole nitrogens is 1. The fourth-order valence-electron chi connectivity index (χ4n) is 4.18. The molecule has 5 rings (SSSR count). The second kappa shape index (κ2) is 9.96. The van der Waals surface area contributed by atoms with Crippen molar-refractivity contribution >= 4 is 34.0 Å². The Balaban J connectivity index is 1.39. The first-order chi connectivity index (χ1) is 17.3. The van der Waals surface area contributed by atoms with Gasteiger partial charge in [-0.05, 0) is 54.1 Å². The number of carbonyl (C=O) groups is 1.